The van der Waals surface area contributed by atoms with Crippen molar-refractivity contribution in [1.82, 2.24) is 14.8 Å². The van der Waals surface area contributed by atoms with Crippen LogP contribution in [0.2, 0.25) is 0 Å². The van der Waals surface area contributed by atoms with Gasteiger partial charge in [-0.05, 0) is 37.3 Å². The predicted molar refractivity (Wildman–Crippen MR) is 77.0 cm³/mol. The zero-order valence-electron chi connectivity index (χ0n) is 11.0. The fraction of sp³-hybridized carbons (Fsp3) is 0.200. The Morgan fingerprint density at radius 1 is 1.16 bits per heavy atom. The van der Waals surface area contributed by atoms with Gasteiger partial charge in [0.15, 0.2) is 0 Å². The molecule has 4 heteroatoms. The number of nitrogens with one attached hydrogen (secondary N) is 1. The van der Waals surface area contributed by atoms with Gasteiger partial charge in [-0.3, -0.25) is 9.67 Å². The summed E-state index contributed by atoms with van der Waals surface area (Å²) in [6.07, 6.45) is 3.63. The van der Waals surface area contributed by atoms with E-state index in [2.05, 4.69) is 40.5 Å². The first-order valence-electron chi connectivity index (χ1n) is 6.33. The molecule has 0 radical (unpaired) electrons. The second-order valence-corrected chi connectivity index (χ2v) is 4.66. The third-order valence-corrected chi connectivity index (χ3v) is 3.29. The summed E-state index contributed by atoms with van der Waals surface area (Å²) < 4.78 is 1.89. The molecule has 2 aromatic heterocycles. The highest BCUT2D eigenvalue weighted by Gasteiger charge is 2.09. The van der Waals surface area contributed by atoms with Crippen LogP contribution in [0.3, 0.4) is 0 Å². The lowest BCUT2D eigenvalue weighted by Crippen LogP contribution is -2.11. The second-order valence-electron chi connectivity index (χ2n) is 4.66. The maximum absolute atomic E-state index is 4.32. The molecule has 0 spiro atoms. The molecule has 0 saturated carbocycles. The second kappa shape index (κ2) is 4.72. The Hall–Kier alpha value is -2.36. The monoisotopic (exact) mass is 252 g/mol. The van der Waals surface area contributed by atoms with Crippen LogP contribution in [0.4, 0.5) is 5.69 Å². The van der Waals surface area contributed by atoms with Crippen molar-refractivity contribution in [1.29, 1.82) is 0 Å². The Kier molecular flexibility index (Phi) is 2.91. The van der Waals surface area contributed by atoms with Gasteiger partial charge in [0, 0.05) is 30.5 Å². The number of aryl methyl sites for hydroxylation is 1. The van der Waals surface area contributed by atoms with Gasteiger partial charge in [-0.25, -0.2) is 0 Å². The number of nitrogens with zero attached hydrogens (tertiary/aromatic N) is 3. The summed E-state index contributed by atoms with van der Waals surface area (Å²) in [5.41, 5.74) is 3.27. The molecule has 4 nitrogen and oxygen atoms in total. The fourth-order valence-electron chi connectivity index (χ4n) is 2.30. The van der Waals surface area contributed by atoms with E-state index in [1.165, 1.54) is 0 Å². The van der Waals surface area contributed by atoms with E-state index in [1.807, 2.05) is 42.3 Å². The van der Waals surface area contributed by atoms with Gasteiger partial charge in [0.25, 0.3) is 0 Å². The van der Waals surface area contributed by atoms with Crippen LogP contribution in [0.15, 0.2) is 48.8 Å². The number of fused-ring (bicyclic) bond motifs is 1. The fourth-order valence-corrected chi connectivity index (χ4v) is 2.30. The molecule has 1 N–H and O–H groups in total. The van der Waals surface area contributed by atoms with E-state index in [9.17, 15) is 0 Å². The lowest BCUT2D eigenvalue weighted by atomic mass is 10.1. The summed E-state index contributed by atoms with van der Waals surface area (Å²) in [7, 11) is 1.96. The Balaban J connectivity index is 1.87. The highest BCUT2D eigenvalue weighted by Crippen LogP contribution is 2.22. The summed E-state index contributed by atoms with van der Waals surface area (Å²) in [5, 5.41) is 8.83. The minimum atomic E-state index is 0.210. The summed E-state index contributed by atoms with van der Waals surface area (Å²) in [6, 6.07) is 12.5. The third-order valence-electron chi connectivity index (χ3n) is 3.29. The number of hydrogen-bond donors (Lipinski definition) is 1. The molecule has 3 rings (SSSR count). The van der Waals surface area contributed by atoms with Crippen molar-refractivity contribution in [3.63, 3.8) is 0 Å². The van der Waals surface area contributed by atoms with Crippen molar-refractivity contribution in [2.75, 3.05) is 5.32 Å². The summed E-state index contributed by atoms with van der Waals surface area (Å²) in [5.74, 6) is 0. The normalized spacial score (nSPS) is 12.5. The molecule has 96 valence electrons. The summed E-state index contributed by atoms with van der Waals surface area (Å²) >= 11 is 0. The van der Waals surface area contributed by atoms with Crippen molar-refractivity contribution in [2.24, 2.45) is 7.05 Å². The van der Waals surface area contributed by atoms with Gasteiger partial charge in [0.05, 0.1) is 17.3 Å². The van der Waals surface area contributed by atoms with E-state index in [0.29, 0.717) is 0 Å². The van der Waals surface area contributed by atoms with E-state index in [0.717, 1.165) is 22.3 Å². The molecule has 0 bridgehead atoms. The lowest BCUT2D eigenvalue weighted by molar-refractivity contribution is 0.676. The minimum Gasteiger partial charge on any atom is -0.377 e. The van der Waals surface area contributed by atoms with Crippen molar-refractivity contribution < 1.29 is 0 Å². The first kappa shape index (κ1) is 11.7. The van der Waals surface area contributed by atoms with E-state index in [-0.39, 0.29) is 6.04 Å². The number of benzene rings is 1. The third kappa shape index (κ3) is 2.29. The van der Waals surface area contributed by atoms with Crippen molar-refractivity contribution in [3.8, 4) is 0 Å². The minimum absolute atomic E-state index is 0.210. The zero-order valence-corrected chi connectivity index (χ0v) is 11.0. The Labute approximate surface area is 112 Å². The Bertz CT molecular complexity index is 702. The molecule has 0 amide bonds. The molecule has 2 heterocycles. The maximum atomic E-state index is 4.32. The Morgan fingerprint density at radius 3 is 2.84 bits per heavy atom. The lowest BCUT2D eigenvalue weighted by Gasteiger charge is -2.15. The van der Waals surface area contributed by atoms with E-state index < -0.39 is 0 Å². The predicted octanol–water partition coefficient (Wildman–Crippen LogP) is 3.14. The van der Waals surface area contributed by atoms with Crippen LogP contribution in [0.25, 0.3) is 10.9 Å². The van der Waals surface area contributed by atoms with Crippen LogP contribution in [-0.4, -0.2) is 14.8 Å². The number of pyridine rings is 1. The molecular weight excluding hydrogens is 236 g/mol. The highest BCUT2D eigenvalue weighted by molar-refractivity contribution is 5.82. The van der Waals surface area contributed by atoms with Crippen LogP contribution in [0, 0.1) is 0 Å². The van der Waals surface area contributed by atoms with E-state index >= 15 is 0 Å². The summed E-state index contributed by atoms with van der Waals surface area (Å²) in [6.45, 7) is 2.13. The summed E-state index contributed by atoms with van der Waals surface area (Å²) in [4.78, 5) is 4.32. The van der Waals surface area contributed by atoms with Crippen LogP contribution in [-0.2, 0) is 7.05 Å². The first-order valence-corrected chi connectivity index (χ1v) is 6.33. The molecule has 0 aliphatic heterocycles. The number of anilines is 1. The SMILES string of the molecule is CC(Nc1ccc2ncccc2c1)c1ccnn1C. The van der Waals surface area contributed by atoms with Gasteiger partial charge in [0.1, 0.15) is 0 Å². The maximum Gasteiger partial charge on any atom is 0.0703 e. The standard InChI is InChI=1S/C15H16N4/c1-11(15-7-9-17-19(15)2)18-13-5-6-14-12(10-13)4-3-8-16-14/h3-11,18H,1-2H3. The average Bonchev–Trinajstić information content (AvgIpc) is 2.85. The van der Waals surface area contributed by atoms with Gasteiger partial charge < -0.3 is 5.32 Å². The van der Waals surface area contributed by atoms with Gasteiger partial charge in [-0.15, -0.1) is 0 Å². The molecule has 1 aromatic carbocycles. The molecule has 1 atom stereocenters. The zero-order chi connectivity index (χ0) is 13.2. The molecule has 3 aromatic rings. The van der Waals surface area contributed by atoms with Crippen molar-refractivity contribution in [2.45, 2.75) is 13.0 Å². The van der Waals surface area contributed by atoms with Crippen LogP contribution in [0.5, 0.6) is 0 Å². The van der Waals surface area contributed by atoms with Crippen LogP contribution < -0.4 is 5.32 Å². The van der Waals surface area contributed by atoms with Crippen molar-refractivity contribution >= 4 is 16.6 Å². The number of rotatable bonds is 3. The van der Waals surface area contributed by atoms with Gasteiger partial charge in [-0.2, -0.15) is 5.10 Å². The smallest absolute Gasteiger partial charge is 0.0703 e. The van der Waals surface area contributed by atoms with Gasteiger partial charge in [0.2, 0.25) is 0 Å². The number of hydrogen-bond acceptors (Lipinski definition) is 3. The van der Waals surface area contributed by atoms with Gasteiger partial charge in [-0.1, -0.05) is 6.07 Å². The largest absolute Gasteiger partial charge is 0.377 e. The Morgan fingerprint density at radius 2 is 2.05 bits per heavy atom. The molecule has 0 fully saturated rings. The van der Waals surface area contributed by atoms with Crippen molar-refractivity contribution in [3.05, 3.63) is 54.5 Å². The molecule has 1 unspecified atom stereocenters. The van der Waals surface area contributed by atoms with Crippen LogP contribution >= 0.6 is 0 Å². The first-order chi connectivity index (χ1) is 9.24. The quantitative estimate of drug-likeness (QED) is 0.778. The molecule has 19 heavy (non-hydrogen) atoms. The molecule has 0 saturated heterocycles. The highest BCUT2D eigenvalue weighted by atomic mass is 15.3. The number of aromatic nitrogens is 3. The van der Waals surface area contributed by atoms with Gasteiger partial charge >= 0.3 is 0 Å². The van der Waals surface area contributed by atoms with Crippen LogP contribution in [0.1, 0.15) is 18.7 Å². The topological polar surface area (TPSA) is 42.7 Å². The average molecular weight is 252 g/mol. The molecule has 0 aliphatic carbocycles. The van der Waals surface area contributed by atoms with E-state index in [1.54, 1.807) is 0 Å². The molecular formula is C15H16N4. The molecule has 0 aliphatic rings. The van der Waals surface area contributed by atoms with E-state index in [4.69, 9.17) is 0 Å².